The molecule has 0 radical (unpaired) electrons. The smallest absolute Gasteiger partial charge is 0.0235 e. The predicted molar refractivity (Wildman–Crippen MR) is 70.6 cm³/mol. The van der Waals surface area contributed by atoms with Crippen LogP contribution in [0.5, 0.6) is 0 Å². The van der Waals surface area contributed by atoms with Gasteiger partial charge in [0.1, 0.15) is 0 Å². The largest absolute Gasteiger partial charge is 0.326 e. The molecule has 1 saturated heterocycles. The third-order valence-electron chi connectivity index (χ3n) is 4.19. The first kappa shape index (κ1) is 13.9. The van der Waals surface area contributed by atoms with E-state index in [1.54, 1.807) is 0 Å². The molecule has 1 aliphatic heterocycles. The van der Waals surface area contributed by atoms with Crippen LogP contribution in [0.4, 0.5) is 0 Å². The van der Waals surface area contributed by atoms with Crippen LogP contribution in [-0.4, -0.2) is 54.1 Å². The highest BCUT2D eigenvalue weighted by Gasteiger charge is 2.30. The van der Waals surface area contributed by atoms with Gasteiger partial charge in [-0.3, -0.25) is 9.80 Å². The molecule has 0 bridgehead atoms. The highest BCUT2D eigenvalue weighted by atomic mass is 15.3. The topological polar surface area (TPSA) is 32.5 Å². The average molecular weight is 227 g/mol. The van der Waals surface area contributed by atoms with E-state index in [9.17, 15) is 0 Å². The standard InChI is InChI=1S/C13H29N3/c1-5-13(14)11(4)16-9-8-12(10-16)15(6-2)7-3/h11-13H,5-10,14H2,1-4H3. The van der Waals surface area contributed by atoms with Crippen molar-refractivity contribution in [3.63, 3.8) is 0 Å². The van der Waals surface area contributed by atoms with Gasteiger partial charge in [0.05, 0.1) is 0 Å². The van der Waals surface area contributed by atoms with Gasteiger partial charge in [0.15, 0.2) is 0 Å². The molecule has 0 aromatic carbocycles. The summed E-state index contributed by atoms with van der Waals surface area (Å²) in [6, 6.07) is 1.61. The highest BCUT2D eigenvalue weighted by Crippen LogP contribution is 2.19. The van der Waals surface area contributed by atoms with Crippen molar-refractivity contribution in [1.82, 2.24) is 9.80 Å². The van der Waals surface area contributed by atoms with Crippen molar-refractivity contribution < 1.29 is 0 Å². The third-order valence-corrected chi connectivity index (χ3v) is 4.19. The molecule has 0 aromatic heterocycles. The summed E-state index contributed by atoms with van der Waals surface area (Å²) in [5.41, 5.74) is 6.13. The normalized spacial score (nSPS) is 26.2. The summed E-state index contributed by atoms with van der Waals surface area (Å²) in [4.78, 5) is 5.14. The van der Waals surface area contributed by atoms with Crippen LogP contribution in [0.15, 0.2) is 0 Å². The number of rotatable bonds is 6. The van der Waals surface area contributed by atoms with E-state index in [2.05, 4.69) is 37.5 Å². The Balaban J connectivity index is 2.45. The van der Waals surface area contributed by atoms with Crippen molar-refractivity contribution in [3.05, 3.63) is 0 Å². The third kappa shape index (κ3) is 3.19. The van der Waals surface area contributed by atoms with Crippen LogP contribution < -0.4 is 5.73 Å². The van der Waals surface area contributed by atoms with E-state index in [0.717, 1.165) is 12.5 Å². The molecule has 3 unspecified atom stereocenters. The minimum atomic E-state index is 0.329. The van der Waals surface area contributed by atoms with Gasteiger partial charge in [-0.25, -0.2) is 0 Å². The molecule has 2 N–H and O–H groups in total. The first-order chi connectivity index (χ1) is 7.63. The molecule has 0 saturated carbocycles. The molecule has 1 fully saturated rings. The van der Waals surface area contributed by atoms with Gasteiger partial charge in [-0.1, -0.05) is 20.8 Å². The van der Waals surface area contributed by atoms with E-state index < -0.39 is 0 Å². The van der Waals surface area contributed by atoms with Crippen molar-refractivity contribution in [3.8, 4) is 0 Å². The zero-order chi connectivity index (χ0) is 12.1. The molecule has 0 aromatic rings. The molecule has 0 aliphatic carbocycles. The molecule has 96 valence electrons. The number of hydrogen-bond acceptors (Lipinski definition) is 3. The van der Waals surface area contributed by atoms with Crippen LogP contribution in [0.3, 0.4) is 0 Å². The van der Waals surface area contributed by atoms with Crippen LogP contribution in [0.2, 0.25) is 0 Å². The van der Waals surface area contributed by atoms with Crippen LogP contribution in [-0.2, 0) is 0 Å². The number of hydrogen-bond donors (Lipinski definition) is 1. The Bertz CT molecular complexity index is 192. The summed E-state index contributed by atoms with van der Waals surface area (Å²) in [6.07, 6.45) is 2.38. The Morgan fingerprint density at radius 1 is 1.31 bits per heavy atom. The molecule has 0 amide bonds. The maximum absolute atomic E-state index is 6.13. The van der Waals surface area contributed by atoms with Crippen LogP contribution in [0.25, 0.3) is 0 Å². The van der Waals surface area contributed by atoms with E-state index in [-0.39, 0.29) is 0 Å². The zero-order valence-corrected chi connectivity index (χ0v) is 11.4. The molecule has 3 atom stereocenters. The lowest BCUT2D eigenvalue weighted by atomic mass is 10.1. The number of nitrogens with two attached hydrogens (primary N) is 1. The fraction of sp³-hybridized carbons (Fsp3) is 1.00. The summed E-state index contributed by atoms with van der Waals surface area (Å²) in [7, 11) is 0. The van der Waals surface area contributed by atoms with Crippen molar-refractivity contribution in [2.24, 2.45) is 5.73 Å². The molecule has 0 spiro atoms. The van der Waals surface area contributed by atoms with Gasteiger partial charge in [-0.05, 0) is 32.9 Å². The zero-order valence-electron chi connectivity index (χ0n) is 11.4. The lowest BCUT2D eigenvalue weighted by molar-refractivity contribution is 0.179. The second-order valence-corrected chi connectivity index (χ2v) is 4.97. The Morgan fingerprint density at radius 2 is 1.94 bits per heavy atom. The van der Waals surface area contributed by atoms with E-state index in [1.807, 2.05) is 0 Å². The van der Waals surface area contributed by atoms with Gasteiger partial charge in [0.25, 0.3) is 0 Å². The average Bonchev–Trinajstić information content (AvgIpc) is 2.78. The fourth-order valence-electron chi connectivity index (χ4n) is 2.79. The lowest BCUT2D eigenvalue weighted by Crippen LogP contribution is -2.46. The van der Waals surface area contributed by atoms with E-state index in [1.165, 1.54) is 32.6 Å². The van der Waals surface area contributed by atoms with E-state index in [4.69, 9.17) is 5.73 Å². The molecule has 1 aliphatic rings. The van der Waals surface area contributed by atoms with Crippen molar-refractivity contribution in [1.29, 1.82) is 0 Å². The summed E-state index contributed by atoms with van der Waals surface area (Å²) in [6.45, 7) is 13.7. The minimum absolute atomic E-state index is 0.329. The van der Waals surface area contributed by atoms with Crippen LogP contribution in [0.1, 0.15) is 40.5 Å². The van der Waals surface area contributed by atoms with Gasteiger partial charge < -0.3 is 5.73 Å². The summed E-state index contributed by atoms with van der Waals surface area (Å²) < 4.78 is 0. The summed E-state index contributed by atoms with van der Waals surface area (Å²) in [5.74, 6) is 0. The second-order valence-electron chi connectivity index (χ2n) is 4.97. The molecule has 1 rings (SSSR count). The molecule has 16 heavy (non-hydrogen) atoms. The lowest BCUT2D eigenvalue weighted by Gasteiger charge is -2.31. The van der Waals surface area contributed by atoms with Crippen LogP contribution in [0, 0.1) is 0 Å². The summed E-state index contributed by atoms with van der Waals surface area (Å²) in [5, 5.41) is 0. The Morgan fingerprint density at radius 3 is 2.44 bits per heavy atom. The second kappa shape index (κ2) is 6.58. The van der Waals surface area contributed by atoms with Gasteiger partial charge in [-0.2, -0.15) is 0 Å². The van der Waals surface area contributed by atoms with E-state index >= 15 is 0 Å². The summed E-state index contributed by atoms with van der Waals surface area (Å²) >= 11 is 0. The van der Waals surface area contributed by atoms with Gasteiger partial charge >= 0.3 is 0 Å². The Labute approximate surface area is 101 Å². The molecule has 1 heterocycles. The number of likely N-dealkylation sites (tertiary alicyclic amines) is 1. The Kier molecular flexibility index (Phi) is 5.73. The molecule has 3 nitrogen and oxygen atoms in total. The fourth-order valence-corrected chi connectivity index (χ4v) is 2.79. The number of nitrogens with zero attached hydrogens (tertiary/aromatic N) is 2. The van der Waals surface area contributed by atoms with Crippen molar-refractivity contribution in [2.75, 3.05) is 26.2 Å². The van der Waals surface area contributed by atoms with Crippen molar-refractivity contribution >= 4 is 0 Å². The predicted octanol–water partition coefficient (Wildman–Crippen LogP) is 1.53. The first-order valence-electron chi connectivity index (χ1n) is 6.87. The minimum Gasteiger partial charge on any atom is -0.326 e. The SMILES string of the molecule is CCC(N)C(C)N1CCC(N(CC)CC)C1. The maximum Gasteiger partial charge on any atom is 0.0235 e. The maximum atomic E-state index is 6.13. The first-order valence-corrected chi connectivity index (χ1v) is 6.87. The van der Waals surface area contributed by atoms with Crippen LogP contribution >= 0.6 is 0 Å². The van der Waals surface area contributed by atoms with Gasteiger partial charge in [0, 0.05) is 31.2 Å². The number of likely N-dealkylation sites (N-methyl/N-ethyl adjacent to an activating group) is 1. The van der Waals surface area contributed by atoms with Gasteiger partial charge in [-0.15, -0.1) is 0 Å². The monoisotopic (exact) mass is 227 g/mol. The molecular weight excluding hydrogens is 198 g/mol. The molecular formula is C13H29N3. The Hall–Kier alpha value is -0.120. The van der Waals surface area contributed by atoms with E-state index in [0.29, 0.717) is 12.1 Å². The molecule has 3 heteroatoms. The van der Waals surface area contributed by atoms with Gasteiger partial charge in [0.2, 0.25) is 0 Å². The highest BCUT2D eigenvalue weighted by molar-refractivity contribution is 4.88. The quantitative estimate of drug-likeness (QED) is 0.747. The van der Waals surface area contributed by atoms with Crippen molar-refractivity contribution in [2.45, 2.75) is 58.7 Å².